The predicted molar refractivity (Wildman–Crippen MR) is 141 cm³/mol. The largest absolute Gasteiger partial charge is 0.493 e. The van der Waals surface area contributed by atoms with Gasteiger partial charge in [0.1, 0.15) is 0 Å². The van der Waals surface area contributed by atoms with Gasteiger partial charge in [0.05, 0.1) is 33.4 Å². The van der Waals surface area contributed by atoms with E-state index >= 15 is 0 Å². The monoisotopic (exact) mass is 610 g/mol. The van der Waals surface area contributed by atoms with Crippen LogP contribution in [0.4, 0.5) is 5.69 Å². The second-order valence-electron chi connectivity index (χ2n) is 7.04. The number of nitrogens with zero attached hydrogens (tertiary/aromatic N) is 2. The summed E-state index contributed by atoms with van der Waals surface area (Å²) in [4.78, 5) is 42.4. The van der Waals surface area contributed by atoms with Gasteiger partial charge in [0.2, 0.25) is 0 Å². The van der Waals surface area contributed by atoms with Crippen molar-refractivity contribution < 1.29 is 33.7 Å². The number of hydrogen-bond donors (Lipinski definition) is 1. The Balaban J connectivity index is 1.89. The van der Waals surface area contributed by atoms with E-state index in [0.717, 1.165) is 0 Å². The van der Waals surface area contributed by atoms with Gasteiger partial charge in [0, 0.05) is 6.54 Å². The lowest BCUT2D eigenvalue weighted by Gasteiger charge is -2.13. The zero-order valence-corrected chi connectivity index (χ0v) is 22.2. The number of carbonyl (C=O) groups is 3. The molecule has 0 atom stereocenters. The fourth-order valence-electron chi connectivity index (χ4n) is 3.14. The maximum absolute atomic E-state index is 13.0. The van der Waals surface area contributed by atoms with Crippen LogP contribution >= 0.6 is 34.4 Å². The molecule has 0 spiro atoms. The van der Waals surface area contributed by atoms with Crippen LogP contribution in [0, 0.1) is 3.57 Å². The lowest BCUT2D eigenvalue weighted by molar-refractivity contribution is -0.145. The van der Waals surface area contributed by atoms with E-state index in [0.29, 0.717) is 42.9 Å². The quantitative estimate of drug-likeness (QED) is 0.250. The molecular formula is C24H23IN2O7S. The van der Waals surface area contributed by atoms with Crippen molar-refractivity contribution >= 4 is 69.1 Å². The number of amidine groups is 1. The molecule has 0 radical (unpaired) electrons. The number of carboxylic acid groups (broad SMARTS) is 1. The number of carbonyl (C=O) groups excluding carboxylic acids is 2. The van der Waals surface area contributed by atoms with Crippen molar-refractivity contribution in [3.63, 3.8) is 0 Å². The van der Waals surface area contributed by atoms with Gasteiger partial charge in [-0.15, -0.1) is 0 Å². The van der Waals surface area contributed by atoms with Crippen LogP contribution in [0.25, 0.3) is 6.08 Å². The molecule has 2 aromatic rings. The van der Waals surface area contributed by atoms with Gasteiger partial charge in [-0.1, -0.05) is 6.07 Å². The van der Waals surface area contributed by atoms with Gasteiger partial charge in [-0.3, -0.25) is 9.69 Å². The Hall–Kier alpha value is -3.06. The van der Waals surface area contributed by atoms with E-state index in [4.69, 9.17) is 14.2 Å². The first kappa shape index (κ1) is 26.5. The molecule has 1 heterocycles. The molecule has 1 amide bonds. The minimum Gasteiger partial charge on any atom is -0.493 e. The van der Waals surface area contributed by atoms with Crippen molar-refractivity contribution in [2.45, 2.75) is 13.8 Å². The number of rotatable bonds is 9. The maximum Gasteiger partial charge on any atom is 0.344 e. The third kappa shape index (κ3) is 6.54. The van der Waals surface area contributed by atoms with E-state index in [2.05, 4.69) is 27.6 Å². The van der Waals surface area contributed by atoms with Crippen molar-refractivity contribution in [1.29, 1.82) is 0 Å². The van der Waals surface area contributed by atoms with Gasteiger partial charge >= 0.3 is 11.9 Å². The van der Waals surface area contributed by atoms with Crippen molar-refractivity contribution in [2.75, 3.05) is 26.9 Å². The summed E-state index contributed by atoms with van der Waals surface area (Å²) < 4.78 is 16.6. The number of aliphatic imine (C=N–C) groups is 1. The van der Waals surface area contributed by atoms with E-state index in [1.54, 1.807) is 31.2 Å². The van der Waals surface area contributed by atoms with E-state index < -0.39 is 11.9 Å². The Bertz CT molecular complexity index is 1210. The molecular weight excluding hydrogens is 587 g/mol. The first-order valence-electron chi connectivity index (χ1n) is 10.6. The maximum atomic E-state index is 13.0. The van der Waals surface area contributed by atoms with Crippen LogP contribution in [0.3, 0.4) is 0 Å². The average molecular weight is 610 g/mol. The molecule has 0 unspecified atom stereocenters. The number of benzene rings is 2. The average Bonchev–Trinajstić information content (AvgIpc) is 3.11. The summed E-state index contributed by atoms with van der Waals surface area (Å²) in [6.45, 7) is 3.98. The van der Waals surface area contributed by atoms with Crippen LogP contribution in [-0.4, -0.2) is 59.9 Å². The summed E-state index contributed by atoms with van der Waals surface area (Å²) in [6, 6.07) is 9.76. The fourth-order valence-corrected chi connectivity index (χ4v) is 4.98. The number of carboxylic acids is 1. The molecule has 1 N–H and O–H groups in total. The van der Waals surface area contributed by atoms with Crippen LogP contribution in [-0.2, 0) is 14.3 Å². The van der Waals surface area contributed by atoms with E-state index in [1.807, 2.05) is 13.0 Å². The summed E-state index contributed by atoms with van der Waals surface area (Å²) in [6.07, 6.45) is 1.73. The van der Waals surface area contributed by atoms with Crippen LogP contribution in [0.5, 0.6) is 11.5 Å². The summed E-state index contributed by atoms with van der Waals surface area (Å²) >= 11 is 3.28. The first-order valence-corrected chi connectivity index (χ1v) is 12.5. The molecule has 35 heavy (non-hydrogen) atoms. The molecule has 2 aromatic carbocycles. The van der Waals surface area contributed by atoms with Crippen molar-refractivity contribution in [3.05, 3.63) is 56.0 Å². The minimum atomic E-state index is -1.05. The van der Waals surface area contributed by atoms with Crippen LogP contribution in [0.15, 0.2) is 46.3 Å². The van der Waals surface area contributed by atoms with E-state index in [9.17, 15) is 19.5 Å². The highest BCUT2D eigenvalue weighted by Crippen LogP contribution is 2.38. The smallest absolute Gasteiger partial charge is 0.344 e. The van der Waals surface area contributed by atoms with Crippen LogP contribution < -0.4 is 9.47 Å². The van der Waals surface area contributed by atoms with E-state index in [-0.39, 0.29) is 24.7 Å². The lowest BCUT2D eigenvalue weighted by atomic mass is 10.2. The fraction of sp³-hybridized carbons (Fsp3) is 0.250. The molecule has 11 heteroatoms. The van der Waals surface area contributed by atoms with Gasteiger partial charge < -0.3 is 19.3 Å². The van der Waals surface area contributed by atoms with Crippen molar-refractivity contribution in [3.8, 4) is 11.5 Å². The predicted octanol–water partition coefficient (Wildman–Crippen LogP) is 4.56. The third-order valence-electron chi connectivity index (χ3n) is 4.71. The molecule has 0 aliphatic carbocycles. The summed E-state index contributed by atoms with van der Waals surface area (Å²) in [5.41, 5.74) is 1.27. The second kappa shape index (κ2) is 12.1. The number of likely N-dealkylation sites (N-methyl/N-ethyl adjacent to an activating group) is 1. The number of esters is 1. The number of aromatic carboxylic acids is 1. The summed E-state index contributed by atoms with van der Waals surface area (Å²) in [7, 11) is 1.49. The molecule has 3 rings (SSSR count). The highest BCUT2D eigenvalue weighted by molar-refractivity contribution is 14.1. The number of hydrogen-bond acceptors (Lipinski definition) is 8. The Kier molecular flexibility index (Phi) is 9.15. The Morgan fingerprint density at radius 1 is 1.23 bits per heavy atom. The van der Waals surface area contributed by atoms with Gasteiger partial charge in [-0.25, -0.2) is 14.6 Å². The Labute approximate surface area is 220 Å². The summed E-state index contributed by atoms with van der Waals surface area (Å²) in [5, 5.41) is 9.68. The zero-order chi connectivity index (χ0) is 25.5. The highest BCUT2D eigenvalue weighted by atomic mass is 127. The SMILES string of the molecule is CCOC(=O)COc1c(I)cc(/C=C2/SC(=Nc3cccc(C(=O)O)c3)N(CC)C2=O)cc1OC. The van der Waals surface area contributed by atoms with Gasteiger partial charge in [0.25, 0.3) is 5.91 Å². The number of thioether (sulfide) groups is 1. The lowest BCUT2D eigenvalue weighted by Crippen LogP contribution is -2.28. The summed E-state index contributed by atoms with van der Waals surface area (Å²) in [5.74, 6) is -0.917. The van der Waals surface area contributed by atoms with Gasteiger partial charge in [-0.05, 0) is 90.2 Å². The minimum absolute atomic E-state index is 0.118. The van der Waals surface area contributed by atoms with Gasteiger partial charge in [0.15, 0.2) is 23.3 Å². The molecule has 1 aliphatic rings. The molecule has 1 saturated heterocycles. The third-order valence-corrected chi connectivity index (χ3v) is 6.52. The van der Waals surface area contributed by atoms with E-state index in [1.165, 1.54) is 35.9 Å². The van der Waals surface area contributed by atoms with Gasteiger partial charge in [-0.2, -0.15) is 0 Å². The molecule has 1 fully saturated rings. The molecule has 1 aliphatic heterocycles. The van der Waals surface area contributed by atoms with Crippen LogP contribution in [0.1, 0.15) is 29.8 Å². The Morgan fingerprint density at radius 3 is 2.66 bits per heavy atom. The zero-order valence-electron chi connectivity index (χ0n) is 19.2. The molecule has 0 bridgehead atoms. The first-order chi connectivity index (χ1) is 16.8. The topological polar surface area (TPSA) is 115 Å². The number of methoxy groups -OCH3 is 1. The molecule has 184 valence electrons. The molecule has 0 aromatic heterocycles. The van der Waals surface area contributed by atoms with Crippen molar-refractivity contribution in [1.82, 2.24) is 4.90 Å². The number of ether oxygens (including phenoxy) is 3. The highest BCUT2D eigenvalue weighted by Gasteiger charge is 2.32. The standard InChI is InChI=1S/C24H23IN2O7S/c1-4-27-22(29)19(35-24(27)26-16-8-6-7-15(12-16)23(30)31)11-14-9-17(25)21(18(10-14)32-3)34-13-20(28)33-5-2/h6-12H,4-5,13H2,1-3H3,(H,30,31)/b19-11+,26-24?. The Morgan fingerprint density at radius 2 is 2.00 bits per heavy atom. The number of halogens is 1. The molecule has 9 nitrogen and oxygen atoms in total. The van der Waals surface area contributed by atoms with Crippen molar-refractivity contribution in [2.24, 2.45) is 4.99 Å². The van der Waals surface area contributed by atoms with Crippen LogP contribution in [0.2, 0.25) is 0 Å². The number of amides is 1. The normalized spacial score (nSPS) is 15.5. The molecule has 0 saturated carbocycles. The second-order valence-corrected chi connectivity index (χ2v) is 9.21.